The van der Waals surface area contributed by atoms with E-state index >= 15 is 0 Å². The summed E-state index contributed by atoms with van der Waals surface area (Å²) in [6.07, 6.45) is 1.25. The number of aldehydes is 1. The Morgan fingerprint density at radius 3 is 2.88 bits per heavy atom. The highest BCUT2D eigenvalue weighted by Crippen LogP contribution is 2.30. The lowest BCUT2D eigenvalue weighted by Gasteiger charge is -2.06. The maximum atomic E-state index is 10.8. The summed E-state index contributed by atoms with van der Waals surface area (Å²) in [5, 5.41) is 9.79. The second-order valence-electron chi connectivity index (χ2n) is 2.97. The largest absolute Gasteiger partial charge is 0.503 e. The second kappa shape index (κ2) is 6.09. The number of hydrogen-bond donors (Lipinski definition) is 2. The van der Waals surface area contributed by atoms with Gasteiger partial charge in [-0.3, -0.25) is 4.79 Å². The minimum Gasteiger partial charge on any atom is -0.503 e. The molecule has 4 heteroatoms. The van der Waals surface area contributed by atoms with E-state index < -0.39 is 0 Å². The van der Waals surface area contributed by atoms with Crippen molar-refractivity contribution < 1.29 is 14.6 Å². The second-order valence-corrected chi connectivity index (χ2v) is 3.42. The Kier molecular flexibility index (Phi) is 4.74. The molecule has 0 aliphatic heterocycles. The Labute approximate surface area is 99.8 Å². The number of aromatic hydroxyl groups is 1. The molecule has 0 aliphatic carbocycles. The van der Waals surface area contributed by atoms with Gasteiger partial charge in [-0.05, 0) is 12.1 Å². The third-order valence-electron chi connectivity index (χ3n) is 1.97. The Morgan fingerprint density at radius 2 is 2.31 bits per heavy atom. The lowest BCUT2D eigenvalue weighted by Crippen LogP contribution is -1.92. The van der Waals surface area contributed by atoms with Crippen molar-refractivity contribution in [3.05, 3.63) is 23.3 Å². The third-order valence-corrected chi connectivity index (χ3v) is 2.19. The first-order valence-corrected chi connectivity index (χ1v) is 5.32. The summed E-state index contributed by atoms with van der Waals surface area (Å²) in [5.41, 5.74) is 0.654. The molecule has 1 N–H and O–H groups in total. The van der Waals surface area contributed by atoms with Crippen molar-refractivity contribution in [2.45, 2.75) is 6.42 Å². The summed E-state index contributed by atoms with van der Waals surface area (Å²) in [5.74, 6) is 6.41. The smallest absolute Gasteiger partial charge is 0.174 e. The molecule has 0 spiro atoms. The van der Waals surface area contributed by atoms with Gasteiger partial charge in [-0.15, -0.1) is 0 Å². The standard InChI is InChI=1S/C12H12O3S/c1-15-11-6-5-9(8-13)10(12(11)14)4-2-3-7-16/h5-6,8,14,16H,3,7H2,1H3. The number of methoxy groups -OCH3 is 1. The van der Waals surface area contributed by atoms with E-state index in [1.54, 1.807) is 6.07 Å². The van der Waals surface area contributed by atoms with E-state index in [2.05, 4.69) is 24.5 Å². The van der Waals surface area contributed by atoms with Gasteiger partial charge in [-0.2, -0.15) is 12.6 Å². The van der Waals surface area contributed by atoms with Gasteiger partial charge in [0.2, 0.25) is 0 Å². The molecule has 1 aromatic rings. The third kappa shape index (κ3) is 2.71. The summed E-state index contributed by atoms with van der Waals surface area (Å²) in [6.45, 7) is 0. The van der Waals surface area contributed by atoms with Crippen LogP contribution < -0.4 is 4.74 Å². The van der Waals surface area contributed by atoms with Gasteiger partial charge in [0.05, 0.1) is 12.7 Å². The molecule has 16 heavy (non-hydrogen) atoms. The van der Waals surface area contributed by atoms with Gasteiger partial charge in [-0.1, -0.05) is 11.8 Å². The summed E-state index contributed by atoms with van der Waals surface area (Å²) >= 11 is 4.02. The number of carbonyl (C=O) groups excluding carboxylic acids is 1. The molecular formula is C12H12O3S. The van der Waals surface area contributed by atoms with Crippen molar-refractivity contribution >= 4 is 18.9 Å². The minimum absolute atomic E-state index is 0.0984. The van der Waals surface area contributed by atoms with Crippen LogP contribution in [0.25, 0.3) is 0 Å². The van der Waals surface area contributed by atoms with Crippen molar-refractivity contribution in [1.82, 2.24) is 0 Å². The molecule has 84 valence electrons. The molecular weight excluding hydrogens is 224 g/mol. The zero-order valence-corrected chi connectivity index (χ0v) is 9.75. The van der Waals surface area contributed by atoms with Crippen LogP contribution in [0.3, 0.4) is 0 Å². The quantitative estimate of drug-likeness (QED) is 0.478. The van der Waals surface area contributed by atoms with Crippen molar-refractivity contribution in [3.8, 4) is 23.3 Å². The summed E-state index contributed by atoms with van der Waals surface area (Å²) in [4.78, 5) is 10.8. The zero-order chi connectivity index (χ0) is 12.0. The predicted molar refractivity (Wildman–Crippen MR) is 65.4 cm³/mol. The summed E-state index contributed by atoms with van der Waals surface area (Å²) < 4.78 is 4.94. The maximum absolute atomic E-state index is 10.8. The first-order valence-electron chi connectivity index (χ1n) is 4.69. The molecule has 1 rings (SSSR count). The average Bonchev–Trinajstić information content (AvgIpc) is 2.31. The van der Waals surface area contributed by atoms with Crippen LogP contribution in [0.5, 0.6) is 11.5 Å². The van der Waals surface area contributed by atoms with Crippen molar-refractivity contribution in [2.24, 2.45) is 0 Å². The molecule has 0 atom stereocenters. The fraction of sp³-hybridized carbons (Fsp3) is 0.250. The number of ether oxygens (including phenoxy) is 1. The molecule has 0 saturated carbocycles. The van der Waals surface area contributed by atoms with Crippen LogP contribution in [0, 0.1) is 11.8 Å². The van der Waals surface area contributed by atoms with Gasteiger partial charge in [-0.25, -0.2) is 0 Å². The topological polar surface area (TPSA) is 46.5 Å². The number of benzene rings is 1. The number of thiol groups is 1. The monoisotopic (exact) mass is 236 g/mol. The number of carbonyl (C=O) groups is 1. The molecule has 3 nitrogen and oxygen atoms in total. The van der Waals surface area contributed by atoms with E-state index in [0.29, 0.717) is 35.3 Å². The Morgan fingerprint density at radius 1 is 1.56 bits per heavy atom. The van der Waals surface area contributed by atoms with E-state index in [9.17, 15) is 9.90 Å². The van der Waals surface area contributed by atoms with Crippen LogP contribution in [0.1, 0.15) is 22.3 Å². The van der Waals surface area contributed by atoms with E-state index in [4.69, 9.17) is 4.74 Å². The van der Waals surface area contributed by atoms with E-state index in [-0.39, 0.29) is 5.75 Å². The van der Waals surface area contributed by atoms with E-state index in [0.717, 1.165) is 0 Å². The van der Waals surface area contributed by atoms with Crippen LogP contribution >= 0.6 is 12.6 Å². The van der Waals surface area contributed by atoms with E-state index in [1.807, 2.05) is 0 Å². The number of hydrogen-bond acceptors (Lipinski definition) is 4. The first kappa shape index (κ1) is 12.5. The lowest BCUT2D eigenvalue weighted by molar-refractivity contribution is 0.112. The normalized spacial score (nSPS) is 9.12. The fourth-order valence-electron chi connectivity index (χ4n) is 1.19. The number of phenolic OH excluding ortho intramolecular Hbond substituents is 1. The first-order chi connectivity index (χ1) is 7.74. The molecule has 0 unspecified atom stereocenters. The Balaban J connectivity index is 3.22. The van der Waals surface area contributed by atoms with E-state index in [1.165, 1.54) is 13.2 Å². The Bertz CT molecular complexity index is 444. The van der Waals surface area contributed by atoms with Gasteiger partial charge in [0.1, 0.15) is 0 Å². The van der Waals surface area contributed by atoms with Gasteiger partial charge in [0.25, 0.3) is 0 Å². The van der Waals surface area contributed by atoms with Gasteiger partial charge < -0.3 is 9.84 Å². The van der Waals surface area contributed by atoms with Crippen LogP contribution in [-0.4, -0.2) is 24.3 Å². The molecule has 0 amide bonds. The van der Waals surface area contributed by atoms with Crippen LogP contribution in [-0.2, 0) is 0 Å². The summed E-state index contributed by atoms with van der Waals surface area (Å²) in [7, 11) is 1.45. The molecule has 0 aliphatic rings. The highest BCUT2D eigenvalue weighted by Gasteiger charge is 2.10. The molecule has 0 radical (unpaired) electrons. The van der Waals surface area contributed by atoms with Crippen LogP contribution in [0.4, 0.5) is 0 Å². The predicted octanol–water partition coefficient (Wildman–Crippen LogP) is 1.88. The SMILES string of the molecule is COc1ccc(C=O)c(C#CCCS)c1O. The van der Waals surface area contributed by atoms with Crippen molar-refractivity contribution in [2.75, 3.05) is 12.9 Å². The molecule has 0 fully saturated rings. The highest BCUT2D eigenvalue weighted by atomic mass is 32.1. The van der Waals surface area contributed by atoms with Crippen molar-refractivity contribution in [1.29, 1.82) is 0 Å². The van der Waals surface area contributed by atoms with Gasteiger partial charge in [0.15, 0.2) is 17.8 Å². The number of rotatable bonds is 3. The molecule has 0 heterocycles. The minimum atomic E-state index is -0.0984. The van der Waals surface area contributed by atoms with Gasteiger partial charge >= 0.3 is 0 Å². The maximum Gasteiger partial charge on any atom is 0.174 e. The zero-order valence-electron chi connectivity index (χ0n) is 8.86. The Hall–Kier alpha value is -1.60. The average molecular weight is 236 g/mol. The molecule has 1 aromatic carbocycles. The summed E-state index contributed by atoms with van der Waals surface area (Å²) in [6, 6.07) is 3.10. The molecule has 0 saturated heterocycles. The van der Waals surface area contributed by atoms with Crippen molar-refractivity contribution in [3.63, 3.8) is 0 Å². The van der Waals surface area contributed by atoms with Crippen LogP contribution in [0.2, 0.25) is 0 Å². The highest BCUT2D eigenvalue weighted by molar-refractivity contribution is 7.80. The van der Waals surface area contributed by atoms with Gasteiger partial charge in [0, 0.05) is 17.7 Å². The molecule has 0 bridgehead atoms. The fourth-order valence-corrected chi connectivity index (χ4v) is 1.30. The lowest BCUT2D eigenvalue weighted by atomic mass is 10.1. The number of phenols is 1. The van der Waals surface area contributed by atoms with Crippen LogP contribution in [0.15, 0.2) is 12.1 Å². The molecule has 0 aromatic heterocycles.